The fourth-order valence-corrected chi connectivity index (χ4v) is 2.78. The molecule has 2 aromatic rings. The summed E-state index contributed by atoms with van der Waals surface area (Å²) < 4.78 is 11.3. The van der Waals surface area contributed by atoms with Crippen molar-refractivity contribution in [2.45, 2.75) is 32.0 Å². The molecule has 3 rings (SSSR count). The van der Waals surface area contributed by atoms with Gasteiger partial charge in [0, 0.05) is 18.2 Å². The van der Waals surface area contributed by atoms with Crippen LogP contribution in [0, 0.1) is 0 Å². The van der Waals surface area contributed by atoms with Gasteiger partial charge in [0.25, 0.3) is 0 Å². The molecular weight excluding hydrogens is 266 g/mol. The van der Waals surface area contributed by atoms with E-state index in [4.69, 9.17) is 9.47 Å². The maximum Gasteiger partial charge on any atom is 0.143 e. The van der Waals surface area contributed by atoms with Gasteiger partial charge in [-0.15, -0.1) is 0 Å². The van der Waals surface area contributed by atoms with Crippen molar-refractivity contribution in [3.05, 3.63) is 53.3 Å². The first-order valence-electron chi connectivity index (χ1n) is 6.99. The van der Waals surface area contributed by atoms with E-state index >= 15 is 0 Å². The summed E-state index contributed by atoms with van der Waals surface area (Å²) >= 11 is 0. The van der Waals surface area contributed by atoms with Gasteiger partial charge < -0.3 is 14.6 Å². The Hall–Kier alpha value is -2.07. The van der Waals surface area contributed by atoms with E-state index < -0.39 is 6.10 Å². The summed E-state index contributed by atoms with van der Waals surface area (Å²) in [5.74, 6) is 1.34. The number of ether oxygens (including phenoxy) is 2. The second-order valence-electron chi connectivity index (χ2n) is 5.87. The molecular formula is C17H19NO3. The van der Waals surface area contributed by atoms with Crippen LogP contribution in [0.2, 0.25) is 0 Å². The Kier molecular flexibility index (Phi) is 3.33. The number of aliphatic hydroxyl groups excluding tert-OH is 1. The minimum absolute atomic E-state index is 0.244. The smallest absolute Gasteiger partial charge is 0.143 e. The Morgan fingerprint density at radius 1 is 1.29 bits per heavy atom. The van der Waals surface area contributed by atoms with Crippen molar-refractivity contribution in [1.29, 1.82) is 0 Å². The van der Waals surface area contributed by atoms with Crippen molar-refractivity contribution in [2.24, 2.45) is 0 Å². The first-order valence-corrected chi connectivity index (χ1v) is 6.99. The number of fused-ring (bicyclic) bond motifs is 1. The summed E-state index contributed by atoms with van der Waals surface area (Å²) in [5, 5.41) is 10.7. The van der Waals surface area contributed by atoms with E-state index in [-0.39, 0.29) is 5.60 Å². The summed E-state index contributed by atoms with van der Waals surface area (Å²) in [4.78, 5) is 4.26. The monoisotopic (exact) mass is 285 g/mol. The van der Waals surface area contributed by atoms with E-state index in [1.807, 2.05) is 32.0 Å². The zero-order valence-corrected chi connectivity index (χ0v) is 12.5. The summed E-state index contributed by atoms with van der Waals surface area (Å²) in [6, 6.07) is 9.43. The zero-order valence-electron chi connectivity index (χ0n) is 12.5. The lowest BCUT2D eigenvalue weighted by Gasteiger charge is -2.20. The first kappa shape index (κ1) is 13.9. The summed E-state index contributed by atoms with van der Waals surface area (Å²) in [6.45, 7) is 4.09. The highest BCUT2D eigenvalue weighted by atomic mass is 16.5. The highest BCUT2D eigenvalue weighted by Crippen LogP contribution is 2.42. The van der Waals surface area contributed by atoms with Gasteiger partial charge in [0.2, 0.25) is 0 Å². The Morgan fingerprint density at radius 3 is 2.86 bits per heavy atom. The fraction of sp³-hybridized carbons (Fsp3) is 0.353. The summed E-state index contributed by atoms with van der Waals surface area (Å²) in [7, 11) is 1.57. The van der Waals surface area contributed by atoms with E-state index in [1.54, 1.807) is 25.4 Å². The van der Waals surface area contributed by atoms with Crippen LogP contribution in [0.25, 0.3) is 0 Å². The minimum Gasteiger partial charge on any atom is -0.495 e. The summed E-state index contributed by atoms with van der Waals surface area (Å²) in [6.07, 6.45) is 1.61. The molecule has 4 heteroatoms. The number of para-hydroxylation sites is 1. The third-order valence-electron chi connectivity index (χ3n) is 3.69. The van der Waals surface area contributed by atoms with Crippen LogP contribution in [0.4, 0.5) is 0 Å². The molecule has 1 aromatic heterocycles. The SMILES string of the molecule is COc1cccnc1C(O)c1cccc2c1OC(C)(C)C2. The van der Waals surface area contributed by atoms with Crippen LogP contribution in [-0.4, -0.2) is 22.8 Å². The third-order valence-corrected chi connectivity index (χ3v) is 3.69. The van der Waals surface area contributed by atoms with Gasteiger partial charge in [-0.25, -0.2) is 0 Å². The van der Waals surface area contributed by atoms with Crippen LogP contribution < -0.4 is 9.47 Å². The molecule has 21 heavy (non-hydrogen) atoms. The van der Waals surface area contributed by atoms with Crippen LogP contribution in [0.3, 0.4) is 0 Å². The first-order chi connectivity index (χ1) is 10.0. The minimum atomic E-state index is -0.870. The lowest BCUT2D eigenvalue weighted by atomic mass is 9.98. The molecule has 1 aliphatic heterocycles. The van der Waals surface area contributed by atoms with Gasteiger partial charge in [-0.3, -0.25) is 4.98 Å². The van der Waals surface area contributed by atoms with Crippen molar-refractivity contribution >= 4 is 0 Å². The van der Waals surface area contributed by atoms with Gasteiger partial charge >= 0.3 is 0 Å². The second-order valence-corrected chi connectivity index (χ2v) is 5.87. The van der Waals surface area contributed by atoms with Crippen molar-refractivity contribution < 1.29 is 14.6 Å². The Labute approximate surface area is 124 Å². The normalized spacial score (nSPS) is 17.0. The summed E-state index contributed by atoms with van der Waals surface area (Å²) in [5.41, 5.74) is 2.11. The average molecular weight is 285 g/mol. The number of pyridine rings is 1. The van der Waals surface area contributed by atoms with Crippen LogP contribution in [0.15, 0.2) is 36.5 Å². The lowest BCUT2D eigenvalue weighted by molar-refractivity contribution is 0.130. The topological polar surface area (TPSA) is 51.6 Å². The molecule has 1 atom stereocenters. The molecule has 1 aromatic carbocycles. The van der Waals surface area contributed by atoms with Crippen LogP contribution in [-0.2, 0) is 6.42 Å². The lowest BCUT2D eigenvalue weighted by Crippen LogP contribution is -2.25. The largest absolute Gasteiger partial charge is 0.495 e. The van der Waals surface area contributed by atoms with E-state index in [2.05, 4.69) is 4.98 Å². The van der Waals surface area contributed by atoms with E-state index in [1.165, 1.54) is 0 Å². The molecule has 0 fully saturated rings. The van der Waals surface area contributed by atoms with Gasteiger partial charge in [-0.2, -0.15) is 0 Å². The highest BCUT2D eigenvalue weighted by Gasteiger charge is 2.33. The number of aliphatic hydroxyl groups is 1. The predicted molar refractivity (Wildman–Crippen MR) is 79.7 cm³/mol. The maximum absolute atomic E-state index is 10.7. The number of methoxy groups -OCH3 is 1. The number of rotatable bonds is 3. The Bertz CT molecular complexity index is 667. The van der Waals surface area contributed by atoms with Gasteiger partial charge in [0.15, 0.2) is 0 Å². The molecule has 0 radical (unpaired) electrons. The molecule has 0 saturated carbocycles. The molecule has 0 amide bonds. The second kappa shape index (κ2) is 5.04. The average Bonchev–Trinajstić information content (AvgIpc) is 2.80. The van der Waals surface area contributed by atoms with Crippen LogP contribution in [0.5, 0.6) is 11.5 Å². The van der Waals surface area contributed by atoms with E-state index in [0.717, 1.165) is 23.3 Å². The number of aromatic nitrogens is 1. The van der Waals surface area contributed by atoms with Crippen molar-refractivity contribution in [3.8, 4) is 11.5 Å². The van der Waals surface area contributed by atoms with Crippen molar-refractivity contribution in [3.63, 3.8) is 0 Å². The molecule has 1 unspecified atom stereocenters. The van der Waals surface area contributed by atoms with Crippen molar-refractivity contribution in [2.75, 3.05) is 7.11 Å². The maximum atomic E-state index is 10.7. The van der Waals surface area contributed by atoms with E-state index in [0.29, 0.717) is 11.4 Å². The van der Waals surface area contributed by atoms with Crippen molar-refractivity contribution in [1.82, 2.24) is 4.98 Å². The quantitative estimate of drug-likeness (QED) is 0.942. The molecule has 110 valence electrons. The third kappa shape index (κ3) is 2.47. The Balaban J connectivity index is 2.05. The molecule has 0 saturated heterocycles. The predicted octanol–water partition coefficient (Wildman–Crippen LogP) is 2.89. The standard InChI is InChI=1S/C17H19NO3/c1-17(2)10-11-6-4-7-12(16(11)21-17)15(19)14-13(20-3)8-5-9-18-14/h4-9,15,19H,10H2,1-3H3. The number of benzene rings is 1. The number of hydrogen-bond donors (Lipinski definition) is 1. The van der Waals surface area contributed by atoms with Gasteiger partial charge in [-0.1, -0.05) is 18.2 Å². The number of nitrogens with zero attached hydrogens (tertiary/aromatic N) is 1. The fourth-order valence-electron chi connectivity index (χ4n) is 2.78. The van der Waals surface area contributed by atoms with Gasteiger partial charge in [0.05, 0.1) is 7.11 Å². The van der Waals surface area contributed by atoms with Gasteiger partial charge in [-0.05, 0) is 31.5 Å². The molecule has 1 aliphatic rings. The zero-order chi connectivity index (χ0) is 15.0. The molecule has 0 bridgehead atoms. The highest BCUT2D eigenvalue weighted by molar-refractivity contribution is 5.49. The number of hydrogen-bond acceptors (Lipinski definition) is 4. The van der Waals surface area contributed by atoms with E-state index in [9.17, 15) is 5.11 Å². The molecule has 0 aliphatic carbocycles. The molecule has 2 heterocycles. The Morgan fingerprint density at radius 2 is 2.10 bits per heavy atom. The van der Waals surface area contributed by atoms with Crippen LogP contribution >= 0.6 is 0 Å². The molecule has 4 nitrogen and oxygen atoms in total. The molecule has 0 spiro atoms. The van der Waals surface area contributed by atoms with Crippen LogP contribution in [0.1, 0.15) is 36.8 Å². The van der Waals surface area contributed by atoms with Gasteiger partial charge in [0.1, 0.15) is 28.9 Å². The molecule has 1 N–H and O–H groups in total.